The van der Waals surface area contributed by atoms with Crippen LogP contribution >= 0.6 is 0 Å². The van der Waals surface area contributed by atoms with Crippen LogP contribution in [0.5, 0.6) is 0 Å². The average Bonchev–Trinajstić information content (AvgIpc) is 3.09. The Hall–Kier alpha value is -2.48. The van der Waals surface area contributed by atoms with Gasteiger partial charge in [-0.15, -0.1) is 0 Å². The molecule has 1 aliphatic rings. The summed E-state index contributed by atoms with van der Waals surface area (Å²) in [6.45, 7) is 3.77. The number of para-hydroxylation sites is 1. The number of aromatic nitrogens is 2. The van der Waals surface area contributed by atoms with Crippen LogP contribution in [0.15, 0.2) is 36.5 Å². The Morgan fingerprint density at radius 1 is 1.17 bits per heavy atom. The van der Waals surface area contributed by atoms with E-state index < -0.39 is 0 Å². The number of hydrogen-bond donors (Lipinski definition) is 3. The molecule has 3 aromatic rings. The topological polar surface area (TPSA) is 96.4 Å². The van der Waals surface area contributed by atoms with E-state index in [-0.39, 0.29) is 18.6 Å². The van der Waals surface area contributed by atoms with Crippen LogP contribution in [0.25, 0.3) is 21.8 Å². The number of aliphatic hydroxyl groups excluding tert-OH is 1. The van der Waals surface area contributed by atoms with E-state index in [0.717, 1.165) is 46.9 Å². The van der Waals surface area contributed by atoms with Crippen molar-refractivity contribution >= 4 is 27.7 Å². The summed E-state index contributed by atoms with van der Waals surface area (Å²) in [4.78, 5) is 19.6. The van der Waals surface area contributed by atoms with Crippen molar-refractivity contribution in [2.75, 3.05) is 26.2 Å². The van der Waals surface area contributed by atoms with E-state index >= 15 is 0 Å². The molecule has 0 aliphatic carbocycles. The van der Waals surface area contributed by atoms with Gasteiger partial charge in [0.05, 0.1) is 17.3 Å². The number of unbranched alkanes of at least 4 members (excludes halogenated alkanes) is 1. The average molecular weight is 410 g/mol. The van der Waals surface area contributed by atoms with Crippen molar-refractivity contribution in [1.29, 1.82) is 0 Å². The lowest BCUT2D eigenvalue weighted by molar-refractivity contribution is -0.133. The van der Waals surface area contributed by atoms with Crippen LogP contribution in [0.1, 0.15) is 31.4 Å². The van der Waals surface area contributed by atoms with Crippen molar-refractivity contribution in [3.05, 3.63) is 42.2 Å². The first-order valence-electron chi connectivity index (χ1n) is 10.9. The van der Waals surface area contributed by atoms with Crippen molar-refractivity contribution < 1.29 is 9.90 Å². The number of benzene rings is 1. The highest BCUT2D eigenvalue weighted by molar-refractivity contribution is 6.09. The van der Waals surface area contributed by atoms with Gasteiger partial charge in [-0.3, -0.25) is 9.78 Å². The van der Waals surface area contributed by atoms with Gasteiger partial charge in [0.15, 0.2) is 0 Å². The number of pyridine rings is 1. The Morgan fingerprint density at radius 3 is 2.77 bits per heavy atom. The Balaban J connectivity index is 1.65. The maximum atomic E-state index is 13.1. The summed E-state index contributed by atoms with van der Waals surface area (Å²) in [6, 6.07) is 10.3. The third-order valence-corrected chi connectivity index (χ3v) is 5.97. The highest BCUT2D eigenvalue weighted by Gasteiger charge is 2.23. The molecule has 1 aliphatic heterocycles. The molecule has 160 valence electrons. The molecule has 1 amide bonds. The van der Waals surface area contributed by atoms with E-state index in [9.17, 15) is 9.90 Å². The summed E-state index contributed by atoms with van der Waals surface area (Å²) in [5.74, 6) is 0.0928. The lowest BCUT2D eigenvalue weighted by Crippen LogP contribution is -2.41. The predicted octanol–water partition coefficient (Wildman–Crippen LogP) is 2.00. The van der Waals surface area contributed by atoms with Gasteiger partial charge in [-0.1, -0.05) is 18.2 Å². The van der Waals surface area contributed by atoms with Crippen molar-refractivity contribution in [3.63, 3.8) is 0 Å². The molecule has 0 saturated carbocycles. The molecule has 1 saturated heterocycles. The largest absolute Gasteiger partial charge is 0.393 e. The third kappa shape index (κ3) is 4.33. The molecule has 4 rings (SSSR count). The summed E-state index contributed by atoms with van der Waals surface area (Å²) in [6.07, 6.45) is 4.91. The number of carbonyl (C=O) groups excluding carboxylic acids is 1. The van der Waals surface area contributed by atoms with Crippen LogP contribution in [-0.2, 0) is 17.9 Å². The quantitative estimate of drug-likeness (QED) is 0.495. The van der Waals surface area contributed by atoms with Crippen LogP contribution < -0.4 is 11.1 Å². The predicted molar refractivity (Wildman–Crippen MR) is 119 cm³/mol. The fraction of sp³-hybridized carbons (Fsp3) is 0.478. The molecule has 7 nitrogen and oxygen atoms in total. The van der Waals surface area contributed by atoms with Crippen molar-refractivity contribution in [2.24, 2.45) is 5.73 Å². The van der Waals surface area contributed by atoms with E-state index in [1.807, 2.05) is 29.3 Å². The first-order chi connectivity index (χ1) is 14.7. The normalized spacial score (nSPS) is 15.3. The van der Waals surface area contributed by atoms with E-state index in [4.69, 9.17) is 5.73 Å². The number of nitrogens with one attached hydrogen (secondary N) is 1. The van der Waals surface area contributed by atoms with Crippen LogP contribution in [0.2, 0.25) is 0 Å². The molecule has 7 heteroatoms. The number of aliphatic hydroxyl groups is 1. The van der Waals surface area contributed by atoms with Gasteiger partial charge in [0.2, 0.25) is 5.91 Å². The number of amides is 1. The number of piperidine rings is 1. The monoisotopic (exact) mass is 409 g/mol. The lowest BCUT2D eigenvalue weighted by Gasteiger charge is -2.30. The van der Waals surface area contributed by atoms with Crippen molar-refractivity contribution in [2.45, 2.75) is 44.9 Å². The fourth-order valence-corrected chi connectivity index (χ4v) is 4.32. The standard InChI is InChI=1S/C23H31N5O2/c24-10-3-4-11-25-15-20-23-19(7-12-26-20)18-5-1-2-6-21(18)28(23)16-22(30)27-13-8-17(29)9-14-27/h1-2,5-7,12,17,25,29H,3-4,8-11,13-16,24H2. The second-order valence-corrected chi connectivity index (χ2v) is 8.04. The second-order valence-electron chi connectivity index (χ2n) is 8.04. The number of likely N-dealkylation sites (tertiary alicyclic amines) is 1. The summed E-state index contributed by atoms with van der Waals surface area (Å²) >= 11 is 0. The molecule has 1 fully saturated rings. The Morgan fingerprint density at radius 2 is 1.97 bits per heavy atom. The second kappa shape index (κ2) is 9.55. The molecule has 1 aromatic carbocycles. The van der Waals surface area contributed by atoms with Gasteiger partial charge in [-0.05, 0) is 50.9 Å². The molecule has 3 heterocycles. The molecule has 0 atom stereocenters. The molecule has 0 spiro atoms. The molecule has 2 aromatic heterocycles. The van der Waals surface area contributed by atoms with Gasteiger partial charge in [0.1, 0.15) is 6.54 Å². The smallest absolute Gasteiger partial charge is 0.242 e. The Labute approximate surface area is 176 Å². The van der Waals surface area contributed by atoms with Crippen LogP contribution in [-0.4, -0.2) is 57.7 Å². The maximum absolute atomic E-state index is 13.1. The van der Waals surface area contributed by atoms with Gasteiger partial charge >= 0.3 is 0 Å². The SMILES string of the molecule is NCCCCNCc1nccc2c3ccccc3n(CC(=O)N3CCC(O)CC3)c12. The highest BCUT2D eigenvalue weighted by atomic mass is 16.3. The number of rotatable bonds is 8. The third-order valence-electron chi connectivity index (χ3n) is 5.97. The number of carbonyl (C=O) groups is 1. The first-order valence-corrected chi connectivity index (χ1v) is 10.9. The van der Waals surface area contributed by atoms with E-state index in [1.165, 1.54) is 0 Å². The lowest BCUT2D eigenvalue weighted by atomic mass is 10.1. The van der Waals surface area contributed by atoms with Crippen LogP contribution in [0.4, 0.5) is 0 Å². The molecular formula is C23H31N5O2. The zero-order valence-electron chi connectivity index (χ0n) is 17.4. The first kappa shape index (κ1) is 20.8. The van der Waals surface area contributed by atoms with Gasteiger partial charge in [-0.2, -0.15) is 0 Å². The molecule has 0 unspecified atom stereocenters. The molecule has 4 N–H and O–H groups in total. The summed E-state index contributed by atoms with van der Waals surface area (Å²) in [5, 5.41) is 15.5. The Kier molecular flexibility index (Phi) is 6.62. The van der Waals surface area contributed by atoms with Gasteiger partial charge in [0.25, 0.3) is 0 Å². The van der Waals surface area contributed by atoms with Crippen molar-refractivity contribution in [3.8, 4) is 0 Å². The fourth-order valence-electron chi connectivity index (χ4n) is 4.32. The minimum absolute atomic E-state index is 0.0928. The number of nitrogens with zero attached hydrogens (tertiary/aromatic N) is 3. The molecule has 0 radical (unpaired) electrons. The highest BCUT2D eigenvalue weighted by Crippen LogP contribution is 2.30. The van der Waals surface area contributed by atoms with E-state index in [2.05, 4.69) is 27.0 Å². The number of nitrogens with two attached hydrogens (primary N) is 1. The van der Waals surface area contributed by atoms with Crippen LogP contribution in [0, 0.1) is 0 Å². The maximum Gasteiger partial charge on any atom is 0.242 e. The Bertz CT molecular complexity index is 1010. The van der Waals surface area contributed by atoms with E-state index in [1.54, 1.807) is 0 Å². The van der Waals surface area contributed by atoms with Gasteiger partial charge in [0, 0.05) is 42.1 Å². The molecule has 30 heavy (non-hydrogen) atoms. The number of fused-ring (bicyclic) bond motifs is 3. The zero-order valence-corrected chi connectivity index (χ0v) is 17.4. The van der Waals surface area contributed by atoms with E-state index in [0.29, 0.717) is 39.0 Å². The molecule has 0 bridgehead atoms. The minimum atomic E-state index is -0.288. The summed E-state index contributed by atoms with van der Waals surface area (Å²) in [5.41, 5.74) is 8.61. The minimum Gasteiger partial charge on any atom is -0.393 e. The summed E-state index contributed by atoms with van der Waals surface area (Å²) < 4.78 is 2.11. The molecular weight excluding hydrogens is 378 g/mol. The summed E-state index contributed by atoms with van der Waals surface area (Å²) in [7, 11) is 0. The van der Waals surface area contributed by atoms with Gasteiger partial charge in [-0.25, -0.2) is 0 Å². The van der Waals surface area contributed by atoms with Crippen molar-refractivity contribution in [1.82, 2.24) is 19.8 Å². The zero-order chi connectivity index (χ0) is 20.9. The van der Waals surface area contributed by atoms with Crippen LogP contribution in [0.3, 0.4) is 0 Å². The number of hydrogen-bond acceptors (Lipinski definition) is 5. The van der Waals surface area contributed by atoms with Gasteiger partial charge < -0.3 is 25.6 Å².